The zero-order chi connectivity index (χ0) is 26.6. The number of allylic oxidation sites excluding steroid dienone is 1. The molecule has 0 saturated carbocycles. The van der Waals surface area contributed by atoms with Crippen molar-refractivity contribution >= 4 is 44.3 Å². The summed E-state index contributed by atoms with van der Waals surface area (Å²) in [5.74, 6) is -3.09. The standard InChI is InChI=1S/C11H10O3S.C8H8O3S.C4H4O4.3Na/c1-8-6-7-9-4-2-3-5-10(9)11(8)15(12,13)14;9-12(10,11)7-6-8-4-2-1-3-5-8;5-3(6)1-2-4(7)8;;;/h2-7,11H,1H2,(H,12,13,14);1-7H,(H,9,10,11);1-2H,(H,5,6)(H,7,8);;;/q;;;3*+1/p-3/b;;2-1-;;;. The maximum atomic E-state index is 11.2. The fourth-order valence-electron chi connectivity index (χ4n) is 2.60. The molecule has 0 spiro atoms. The van der Waals surface area contributed by atoms with Gasteiger partial charge in [0.1, 0.15) is 15.4 Å². The molecule has 10 nitrogen and oxygen atoms in total. The minimum Gasteiger partial charge on any atom is -0.744 e. The van der Waals surface area contributed by atoms with Crippen molar-refractivity contribution in [3.63, 3.8) is 0 Å². The minimum absolute atomic E-state index is 0. The normalized spacial score (nSPS) is 13.7. The summed E-state index contributed by atoms with van der Waals surface area (Å²) in [7, 11) is -8.39. The van der Waals surface area contributed by atoms with E-state index in [1.165, 1.54) is 6.08 Å². The Morgan fingerprint density at radius 2 is 1.29 bits per heavy atom. The van der Waals surface area contributed by atoms with Crippen LogP contribution in [0.4, 0.5) is 0 Å². The van der Waals surface area contributed by atoms with E-state index in [9.17, 15) is 41.2 Å². The van der Waals surface area contributed by atoms with Gasteiger partial charge in [-0.15, -0.1) is 0 Å². The predicted octanol–water partition coefficient (Wildman–Crippen LogP) is -8.54. The molecule has 2 aromatic carbocycles. The number of carbonyl (C=O) groups excluding carboxylic acids is 2. The van der Waals surface area contributed by atoms with E-state index in [2.05, 4.69) is 6.58 Å². The number of fused-ring (bicyclic) bond motifs is 1. The molecule has 2 aromatic rings. The van der Waals surface area contributed by atoms with Gasteiger partial charge in [0.05, 0.1) is 11.9 Å². The molecular formula is C23H19Na3O10S2. The summed E-state index contributed by atoms with van der Waals surface area (Å²) in [6.45, 7) is 3.63. The molecule has 1 unspecified atom stereocenters. The van der Waals surface area contributed by atoms with E-state index in [1.54, 1.807) is 54.6 Å². The first kappa shape index (κ1) is 41.6. The molecule has 15 heteroatoms. The van der Waals surface area contributed by atoms with Gasteiger partial charge in [-0.05, 0) is 40.5 Å². The zero-order valence-electron chi connectivity index (χ0n) is 20.9. The summed E-state index contributed by atoms with van der Waals surface area (Å²) in [6, 6.07) is 15.8. The molecule has 0 aromatic heterocycles. The second-order valence-electron chi connectivity index (χ2n) is 6.61. The summed E-state index contributed by atoms with van der Waals surface area (Å²) in [6.07, 6.45) is 5.44. The van der Waals surface area contributed by atoms with Crippen molar-refractivity contribution in [1.82, 2.24) is 0 Å². The molecule has 1 aliphatic carbocycles. The Hall–Kier alpha value is -0.840. The Morgan fingerprint density at radius 1 is 0.816 bits per heavy atom. The summed E-state index contributed by atoms with van der Waals surface area (Å²) < 4.78 is 62.1. The topological polar surface area (TPSA) is 192 Å². The molecule has 3 rings (SSSR count). The zero-order valence-corrected chi connectivity index (χ0v) is 28.5. The summed E-state index contributed by atoms with van der Waals surface area (Å²) >= 11 is 0. The van der Waals surface area contributed by atoms with Gasteiger partial charge >= 0.3 is 88.7 Å². The van der Waals surface area contributed by atoms with Crippen LogP contribution in [0, 0.1) is 0 Å². The van der Waals surface area contributed by atoms with E-state index in [-0.39, 0.29) is 88.7 Å². The van der Waals surface area contributed by atoms with E-state index in [4.69, 9.17) is 4.55 Å². The van der Waals surface area contributed by atoms with Crippen LogP contribution < -0.4 is 98.9 Å². The third kappa shape index (κ3) is 17.7. The second kappa shape index (κ2) is 20.1. The Balaban J connectivity index is -0.000000487. The van der Waals surface area contributed by atoms with Gasteiger partial charge in [0.2, 0.25) is 0 Å². The van der Waals surface area contributed by atoms with Crippen LogP contribution in [-0.2, 0) is 29.8 Å². The quantitative estimate of drug-likeness (QED) is 0.199. The molecule has 0 amide bonds. The Kier molecular flexibility index (Phi) is 22.0. The largest absolute Gasteiger partial charge is 1.00 e. The van der Waals surface area contributed by atoms with Gasteiger partial charge in [0.15, 0.2) is 0 Å². The van der Waals surface area contributed by atoms with Gasteiger partial charge in [-0.3, -0.25) is 4.55 Å². The molecule has 1 N–H and O–H groups in total. The molecule has 186 valence electrons. The minimum atomic E-state index is -4.25. The molecule has 1 aliphatic rings. The van der Waals surface area contributed by atoms with Gasteiger partial charge < -0.3 is 24.4 Å². The van der Waals surface area contributed by atoms with Crippen LogP contribution in [0.15, 0.2) is 90.4 Å². The van der Waals surface area contributed by atoms with Gasteiger partial charge in [0, 0.05) is 5.41 Å². The van der Waals surface area contributed by atoms with Crippen LogP contribution in [0.5, 0.6) is 0 Å². The van der Waals surface area contributed by atoms with Crippen molar-refractivity contribution in [1.29, 1.82) is 0 Å². The number of benzene rings is 2. The third-order valence-electron chi connectivity index (χ3n) is 3.97. The molecule has 0 saturated heterocycles. The number of carboxylic acid groups (broad SMARTS) is 2. The second-order valence-corrected chi connectivity index (χ2v) is 9.37. The van der Waals surface area contributed by atoms with Crippen LogP contribution in [0.3, 0.4) is 0 Å². The maximum absolute atomic E-state index is 11.2. The Bertz CT molecular complexity index is 1350. The molecule has 0 aliphatic heterocycles. The molecule has 1 atom stereocenters. The van der Waals surface area contributed by atoms with Crippen molar-refractivity contribution in [2.24, 2.45) is 0 Å². The predicted molar refractivity (Wildman–Crippen MR) is 123 cm³/mol. The number of rotatable bonds is 5. The maximum Gasteiger partial charge on any atom is 1.00 e. The smallest absolute Gasteiger partial charge is 0.744 e. The van der Waals surface area contributed by atoms with Crippen LogP contribution in [0.2, 0.25) is 0 Å². The molecule has 0 heterocycles. The van der Waals surface area contributed by atoms with Gasteiger partial charge in [-0.1, -0.05) is 73.3 Å². The number of hydrogen-bond donors (Lipinski definition) is 1. The number of hydrogen-bond acceptors (Lipinski definition) is 9. The summed E-state index contributed by atoms with van der Waals surface area (Å²) in [5, 5.41) is 18.4. The fraction of sp³-hybridized carbons (Fsp3) is 0.0435. The number of aliphatic carboxylic acids is 2. The van der Waals surface area contributed by atoms with E-state index in [0.29, 0.717) is 34.3 Å². The van der Waals surface area contributed by atoms with Gasteiger partial charge in [-0.25, -0.2) is 8.42 Å². The first-order chi connectivity index (χ1) is 16.2. The van der Waals surface area contributed by atoms with Gasteiger partial charge in [-0.2, -0.15) is 8.42 Å². The van der Waals surface area contributed by atoms with Crippen LogP contribution in [0.25, 0.3) is 12.2 Å². The number of carboxylic acids is 2. The fourth-order valence-corrected chi connectivity index (χ4v) is 3.92. The van der Waals surface area contributed by atoms with Crippen molar-refractivity contribution in [2.45, 2.75) is 5.25 Å². The van der Waals surface area contributed by atoms with Crippen LogP contribution in [-0.4, -0.2) is 37.9 Å². The van der Waals surface area contributed by atoms with Crippen LogP contribution >= 0.6 is 0 Å². The van der Waals surface area contributed by atoms with E-state index < -0.39 is 37.4 Å². The SMILES string of the molecule is C=C1C=Cc2ccccc2C1S(=O)(=O)O.O=C([O-])/C=C\C(=O)[O-].O=S(=O)([O-])C=Cc1ccccc1.[Na+].[Na+].[Na+]. The van der Waals surface area contributed by atoms with Crippen molar-refractivity contribution in [2.75, 3.05) is 0 Å². The van der Waals surface area contributed by atoms with Gasteiger partial charge in [0.25, 0.3) is 10.1 Å². The molecule has 0 bridgehead atoms. The van der Waals surface area contributed by atoms with E-state index in [0.717, 1.165) is 5.56 Å². The average molecular weight is 588 g/mol. The first-order valence-electron chi connectivity index (χ1n) is 9.42. The average Bonchev–Trinajstić information content (AvgIpc) is 2.76. The monoisotopic (exact) mass is 588 g/mol. The molecule has 0 radical (unpaired) electrons. The first-order valence-corrected chi connectivity index (χ1v) is 12.4. The van der Waals surface area contributed by atoms with E-state index >= 15 is 0 Å². The summed E-state index contributed by atoms with van der Waals surface area (Å²) in [5.41, 5.74) is 2.45. The van der Waals surface area contributed by atoms with Crippen LogP contribution in [0.1, 0.15) is 21.9 Å². The Labute approximate surface area is 287 Å². The molecular weight excluding hydrogens is 569 g/mol. The van der Waals surface area contributed by atoms with E-state index in [1.807, 2.05) is 12.1 Å². The third-order valence-corrected chi connectivity index (χ3v) is 5.59. The molecule has 38 heavy (non-hydrogen) atoms. The summed E-state index contributed by atoms with van der Waals surface area (Å²) in [4.78, 5) is 18.8. The van der Waals surface area contributed by atoms with Crippen molar-refractivity contribution < 1.29 is 134 Å². The Morgan fingerprint density at radius 3 is 1.74 bits per heavy atom. The molecule has 0 fully saturated rings. The number of carbonyl (C=O) groups is 2. The van der Waals surface area contributed by atoms with Crippen molar-refractivity contribution in [3.8, 4) is 0 Å². The van der Waals surface area contributed by atoms with Crippen molar-refractivity contribution in [3.05, 3.63) is 107 Å².